The number of nitrogens with zero attached hydrogens (tertiary/aromatic N) is 2. The monoisotopic (exact) mass is 500 g/mol. The molecule has 0 radical (unpaired) electrons. The molecule has 1 fully saturated rings. The number of urea groups is 1. The minimum atomic E-state index is -1.13. The summed E-state index contributed by atoms with van der Waals surface area (Å²) in [5.74, 6) is -0.550. The van der Waals surface area contributed by atoms with Crippen LogP contribution < -0.4 is 20.1 Å². The van der Waals surface area contributed by atoms with Crippen LogP contribution in [0.5, 0.6) is 11.6 Å². The number of methoxy groups -OCH3 is 1. The third kappa shape index (κ3) is 6.35. The van der Waals surface area contributed by atoms with E-state index in [0.29, 0.717) is 11.6 Å². The summed E-state index contributed by atoms with van der Waals surface area (Å²) in [4.78, 5) is 43.9. The van der Waals surface area contributed by atoms with Gasteiger partial charge in [-0.1, -0.05) is 20.8 Å². The molecule has 1 aromatic heterocycles. The smallest absolute Gasteiger partial charge is 0.326 e. The van der Waals surface area contributed by atoms with Crippen LogP contribution in [0.2, 0.25) is 0 Å². The van der Waals surface area contributed by atoms with Crippen molar-refractivity contribution in [1.29, 1.82) is 0 Å². The molecule has 1 saturated heterocycles. The maximum atomic E-state index is 13.6. The van der Waals surface area contributed by atoms with E-state index in [-0.39, 0.29) is 13.0 Å². The summed E-state index contributed by atoms with van der Waals surface area (Å²) in [6.07, 6.45) is 1.12. The van der Waals surface area contributed by atoms with Crippen molar-refractivity contribution in [1.82, 2.24) is 20.5 Å². The van der Waals surface area contributed by atoms with Crippen LogP contribution in [-0.2, 0) is 9.59 Å². The van der Waals surface area contributed by atoms with Crippen molar-refractivity contribution >= 4 is 28.7 Å². The number of carbonyl (C=O) groups is 3. The fraction of sp³-hybridized carbons (Fsp3) is 0.538. The first kappa shape index (κ1) is 27.0. The van der Waals surface area contributed by atoms with Gasteiger partial charge < -0.3 is 30.1 Å². The lowest BCUT2D eigenvalue weighted by Crippen LogP contribution is -2.60. The molecule has 3 atom stereocenters. The molecule has 1 aliphatic rings. The van der Waals surface area contributed by atoms with Crippen LogP contribution in [0.25, 0.3) is 10.8 Å². The molecule has 36 heavy (non-hydrogen) atoms. The SMILES string of the molecule is COc1ccc2c(O[C@@H]3C[C@@H](C(=O)O)N(C(=O)[C@@H](NC(=O)NC(C)(C)C)C(C)(C)C)C3)nccc2c1. The largest absolute Gasteiger partial charge is 0.497 e. The van der Waals surface area contributed by atoms with Gasteiger partial charge in [0.15, 0.2) is 0 Å². The Morgan fingerprint density at radius 2 is 1.83 bits per heavy atom. The van der Waals surface area contributed by atoms with E-state index in [1.165, 1.54) is 4.90 Å². The first-order chi connectivity index (χ1) is 16.7. The number of ether oxygens (including phenoxy) is 2. The number of rotatable bonds is 6. The van der Waals surface area contributed by atoms with Gasteiger partial charge in [-0.2, -0.15) is 0 Å². The molecule has 10 nitrogen and oxygen atoms in total. The molecule has 3 N–H and O–H groups in total. The Kier molecular flexibility index (Phi) is 7.66. The van der Waals surface area contributed by atoms with Crippen molar-refractivity contribution in [2.45, 2.75) is 71.7 Å². The van der Waals surface area contributed by atoms with Crippen molar-refractivity contribution in [3.8, 4) is 11.6 Å². The number of benzene rings is 1. The summed E-state index contributed by atoms with van der Waals surface area (Å²) in [7, 11) is 1.59. The summed E-state index contributed by atoms with van der Waals surface area (Å²) >= 11 is 0. The van der Waals surface area contributed by atoms with Gasteiger partial charge in [-0.3, -0.25) is 4.79 Å². The number of carbonyl (C=O) groups excluding carboxylic acids is 2. The average molecular weight is 501 g/mol. The molecule has 2 heterocycles. The zero-order valence-corrected chi connectivity index (χ0v) is 21.9. The highest BCUT2D eigenvalue weighted by Crippen LogP contribution is 2.31. The van der Waals surface area contributed by atoms with E-state index >= 15 is 0 Å². The second-order valence-electron chi connectivity index (χ2n) is 11.2. The maximum Gasteiger partial charge on any atom is 0.326 e. The zero-order valence-electron chi connectivity index (χ0n) is 21.9. The first-order valence-corrected chi connectivity index (χ1v) is 11.9. The van der Waals surface area contributed by atoms with Gasteiger partial charge >= 0.3 is 12.0 Å². The molecule has 196 valence electrons. The van der Waals surface area contributed by atoms with Crippen LogP contribution in [0.15, 0.2) is 30.5 Å². The van der Waals surface area contributed by atoms with E-state index < -0.39 is 47.0 Å². The molecule has 1 aromatic carbocycles. The number of carboxylic acid groups (broad SMARTS) is 1. The number of nitrogens with one attached hydrogen (secondary N) is 2. The lowest BCUT2D eigenvalue weighted by molar-refractivity contribution is -0.150. The van der Waals surface area contributed by atoms with Crippen LogP contribution in [0.1, 0.15) is 48.0 Å². The summed E-state index contributed by atoms with van der Waals surface area (Å²) < 4.78 is 11.4. The highest BCUT2D eigenvalue weighted by molar-refractivity contribution is 5.91. The number of aliphatic carboxylic acids is 1. The van der Waals surface area contributed by atoms with Crippen LogP contribution in [0.3, 0.4) is 0 Å². The zero-order chi connectivity index (χ0) is 26.8. The van der Waals surface area contributed by atoms with E-state index in [4.69, 9.17) is 9.47 Å². The molecule has 10 heteroatoms. The lowest BCUT2D eigenvalue weighted by Gasteiger charge is -2.35. The number of amides is 3. The fourth-order valence-electron chi connectivity index (χ4n) is 4.19. The molecule has 2 aromatic rings. The Morgan fingerprint density at radius 1 is 1.14 bits per heavy atom. The van der Waals surface area contributed by atoms with E-state index in [1.54, 1.807) is 19.4 Å². The topological polar surface area (TPSA) is 130 Å². The average Bonchev–Trinajstić information content (AvgIpc) is 3.19. The van der Waals surface area contributed by atoms with Crippen LogP contribution in [-0.4, -0.2) is 70.3 Å². The standard InChI is InChI=1S/C26H36N4O6/c1-25(2,3)20(28-24(34)29-26(4,5)6)22(31)30-14-17(13-19(30)23(32)33)36-21-18-9-8-16(35-7)12-15(18)10-11-27-21/h8-12,17,19-20H,13-14H2,1-7H3,(H,32,33)(H2,28,29,34)/t17-,19+,20-/m1/s1. The third-order valence-corrected chi connectivity index (χ3v) is 5.92. The number of pyridine rings is 1. The molecule has 1 aliphatic heterocycles. The summed E-state index contributed by atoms with van der Waals surface area (Å²) in [5, 5.41) is 17.0. The number of hydrogen-bond donors (Lipinski definition) is 3. The predicted octanol–water partition coefficient (Wildman–Crippen LogP) is 3.19. The Bertz CT molecular complexity index is 1140. The molecule has 3 rings (SSSR count). The second-order valence-corrected chi connectivity index (χ2v) is 11.2. The number of fused-ring (bicyclic) bond motifs is 1. The predicted molar refractivity (Wildman–Crippen MR) is 135 cm³/mol. The molecular weight excluding hydrogens is 464 g/mol. The highest BCUT2D eigenvalue weighted by Gasteiger charge is 2.46. The maximum absolute atomic E-state index is 13.6. The molecule has 0 unspecified atom stereocenters. The van der Waals surface area contributed by atoms with E-state index in [9.17, 15) is 19.5 Å². The van der Waals surface area contributed by atoms with Crippen molar-refractivity contribution in [3.63, 3.8) is 0 Å². The van der Waals surface area contributed by atoms with E-state index in [0.717, 1.165) is 10.8 Å². The minimum absolute atomic E-state index is 0.0547. The normalized spacial score (nSPS) is 19.0. The second kappa shape index (κ2) is 10.2. The minimum Gasteiger partial charge on any atom is -0.497 e. The van der Waals surface area contributed by atoms with Gasteiger partial charge in [0, 0.05) is 23.5 Å². The van der Waals surface area contributed by atoms with E-state index in [2.05, 4.69) is 15.6 Å². The van der Waals surface area contributed by atoms with Crippen molar-refractivity contribution < 1.29 is 29.0 Å². The first-order valence-electron chi connectivity index (χ1n) is 11.9. The van der Waals surface area contributed by atoms with Crippen molar-refractivity contribution in [2.75, 3.05) is 13.7 Å². The molecular formula is C26H36N4O6. The van der Waals surface area contributed by atoms with E-state index in [1.807, 2.05) is 59.7 Å². The Morgan fingerprint density at radius 3 is 2.42 bits per heavy atom. The van der Waals surface area contributed by atoms with Gasteiger partial charge in [0.1, 0.15) is 23.9 Å². The fourth-order valence-corrected chi connectivity index (χ4v) is 4.19. The van der Waals surface area contributed by atoms with Crippen LogP contribution in [0.4, 0.5) is 4.79 Å². The molecule has 0 aliphatic carbocycles. The number of hydrogen-bond acceptors (Lipinski definition) is 6. The van der Waals surface area contributed by atoms with Crippen molar-refractivity contribution in [2.24, 2.45) is 5.41 Å². The number of likely N-dealkylation sites (tertiary alicyclic amines) is 1. The van der Waals surface area contributed by atoms with Gasteiger partial charge in [0.2, 0.25) is 11.8 Å². The third-order valence-electron chi connectivity index (χ3n) is 5.92. The lowest BCUT2D eigenvalue weighted by atomic mass is 9.85. The van der Waals surface area contributed by atoms with Gasteiger partial charge in [-0.15, -0.1) is 0 Å². The molecule has 0 saturated carbocycles. The van der Waals surface area contributed by atoms with Gasteiger partial charge in [-0.05, 0) is 55.8 Å². The quantitative estimate of drug-likeness (QED) is 0.555. The Labute approximate surface area is 211 Å². The summed E-state index contributed by atoms with van der Waals surface area (Å²) in [6, 6.07) is 4.79. The van der Waals surface area contributed by atoms with Crippen LogP contribution in [0, 0.1) is 5.41 Å². The molecule has 0 spiro atoms. The number of carboxylic acids is 1. The number of aromatic nitrogens is 1. The molecule has 0 bridgehead atoms. The van der Waals surface area contributed by atoms with Gasteiger partial charge in [-0.25, -0.2) is 14.6 Å². The highest BCUT2D eigenvalue weighted by atomic mass is 16.5. The van der Waals surface area contributed by atoms with Crippen molar-refractivity contribution in [3.05, 3.63) is 30.5 Å². The summed E-state index contributed by atoms with van der Waals surface area (Å²) in [6.45, 7) is 11.0. The summed E-state index contributed by atoms with van der Waals surface area (Å²) in [5.41, 5.74) is -1.16. The van der Waals surface area contributed by atoms with Crippen LogP contribution >= 0.6 is 0 Å². The van der Waals surface area contributed by atoms with Gasteiger partial charge in [0.05, 0.1) is 13.7 Å². The van der Waals surface area contributed by atoms with Gasteiger partial charge in [0.25, 0.3) is 0 Å². The Balaban J connectivity index is 1.83. The Hall–Kier alpha value is -3.56. The molecule has 3 amide bonds.